The van der Waals surface area contributed by atoms with Crippen LogP contribution in [0.25, 0.3) is 0 Å². The number of thiophene rings is 2. The Morgan fingerprint density at radius 1 is 0.645 bits per heavy atom. The van der Waals surface area contributed by atoms with Crippen molar-refractivity contribution >= 4 is 34.0 Å². The summed E-state index contributed by atoms with van der Waals surface area (Å²) in [5.74, 6) is 0. The number of rotatable bonds is 4. The molecule has 0 fully saturated rings. The molecule has 6 rings (SSSR count). The van der Waals surface area contributed by atoms with Crippen molar-refractivity contribution in [2.75, 3.05) is 16.5 Å². The van der Waals surface area contributed by atoms with E-state index in [2.05, 4.69) is 21.9 Å². The van der Waals surface area contributed by atoms with Gasteiger partial charge in [-0.15, -0.1) is 22.7 Å². The fourth-order valence-corrected chi connectivity index (χ4v) is 6.92. The van der Waals surface area contributed by atoms with Crippen LogP contribution in [-0.4, -0.2) is 16.9 Å². The van der Waals surface area contributed by atoms with Crippen molar-refractivity contribution in [3.8, 4) is 0 Å². The number of benzene rings is 2. The van der Waals surface area contributed by atoms with E-state index in [1.807, 2.05) is 60.7 Å². The van der Waals surface area contributed by atoms with E-state index in [4.69, 9.17) is 0 Å². The summed E-state index contributed by atoms with van der Waals surface area (Å²) in [5.41, 5.74) is 4.32. The van der Waals surface area contributed by atoms with E-state index in [0.717, 1.165) is 40.6 Å². The van der Waals surface area contributed by atoms with Crippen LogP contribution in [-0.2, 0) is 13.1 Å². The van der Waals surface area contributed by atoms with E-state index in [0.29, 0.717) is 0 Å². The lowest BCUT2D eigenvalue weighted by atomic mass is 10.1. The third-order valence-corrected chi connectivity index (χ3v) is 8.40. The molecule has 4 nitrogen and oxygen atoms in total. The molecule has 0 spiro atoms. The zero-order chi connectivity index (χ0) is 20.9. The number of nitrogens with zero attached hydrogens (tertiary/aromatic N) is 2. The van der Waals surface area contributed by atoms with Gasteiger partial charge in [-0.25, -0.2) is 0 Å². The Kier molecular flexibility index (Phi) is 4.61. The van der Waals surface area contributed by atoms with E-state index in [-0.39, 0.29) is 0 Å². The highest BCUT2D eigenvalue weighted by atomic mass is 32.1. The molecule has 0 aliphatic carbocycles. The Morgan fingerprint density at radius 3 is 1.48 bits per heavy atom. The quantitative estimate of drug-likeness (QED) is 0.448. The van der Waals surface area contributed by atoms with Gasteiger partial charge in [-0.3, -0.25) is 0 Å². The van der Waals surface area contributed by atoms with Gasteiger partial charge in [0.05, 0.1) is 31.1 Å². The molecule has 6 heteroatoms. The smallest absolute Gasteiger partial charge is 0.113 e. The topological polar surface area (TPSA) is 46.9 Å². The highest BCUT2D eigenvalue weighted by Gasteiger charge is 2.34. The first-order chi connectivity index (χ1) is 15.2. The summed E-state index contributed by atoms with van der Waals surface area (Å²) in [5, 5.41) is 21.7. The molecule has 0 radical (unpaired) electrons. The average Bonchev–Trinajstić information content (AvgIpc) is 3.44. The van der Waals surface area contributed by atoms with E-state index < -0.39 is 12.2 Å². The third-order valence-electron chi connectivity index (χ3n) is 6.07. The second-order valence-corrected chi connectivity index (χ2v) is 10.4. The zero-order valence-corrected chi connectivity index (χ0v) is 18.4. The lowest BCUT2D eigenvalue weighted by molar-refractivity contribution is 0.224. The zero-order valence-electron chi connectivity index (χ0n) is 16.8. The highest BCUT2D eigenvalue weighted by Crippen LogP contribution is 2.47. The number of fused-ring (bicyclic) bond motifs is 6. The predicted molar refractivity (Wildman–Crippen MR) is 127 cm³/mol. The molecule has 0 saturated carbocycles. The Hall–Kier alpha value is -2.64. The number of anilines is 2. The van der Waals surface area contributed by atoms with E-state index in [1.165, 1.54) is 21.1 Å². The van der Waals surface area contributed by atoms with Gasteiger partial charge in [-0.05, 0) is 23.3 Å². The highest BCUT2D eigenvalue weighted by molar-refractivity contribution is 7.13. The maximum atomic E-state index is 10.9. The van der Waals surface area contributed by atoms with E-state index in [9.17, 15) is 10.2 Å². The second kappa shape index (κ2) is 7.50. The van der Waals surface area contributed by atoms with Crippen LogP contribution in [0.3, 0.4) is 0 Å². The van der Waals surface area contributed by atoms with Crippen LogP contribution in [0.1, 0.15) is 42.8 Å². The average molecular weight is 447 g/mol. The fraction of sp³-hybridized carbons (Fsp3) is 0.200. The Morgan fingerprint density at radius 2 is 1.06 bits per heavy atom. The molecular formula is C25H22N2O2S2. The van der Waals surface area contributed by atoms with E-state index in [1.54, 1.807) is 22.7 Å². The summed E-state index contributed by atoms with van der Waals surface area (Å²) < 4.78 is 0. The van der Waals surface area contributed by atoms with Crippen LogP contribution in [0.2, 0.25) is 0 Å². The molecule has 2 aliphatic rings. The van der Waals surface area contributed by atoms with Crippen LogP contribution in [0.15, 0.2) is 72.8 Å². The lowest BCUT2D eigenvalue weighted by Crippen LogP contribution is -2.44. The van der Waals surface area contributed by atoms with Crippen molar-refractivity contribution in [2.24, 2.45) is 0 Å². The van der Waals surface area contributed by atoms with Crippen molar-refractivity contribution in [3.63, 3.8) is 0 Å². The van der Waals surface area contributed by atoms with Crippen molar-refractivity contribution in [1.29, 1.82) is 0 Å². The molecule has 2 aromatic heterocycles. The fourth-order valence-electron chi connectivity index (χ4n) is 4.48. The minimum Gasteiger partial charge on any atom is -0.383 e. The van der Waals surface area contributed by atoms with Gasteiger partial charge >= 0.3 is 0 Å². The predicted octanol–water partition coefficient (Wildman–Crippen LogP) is 5.27. The van der Waals surface area contributed by atoms with Crippen molar-refractivity contribution in [1.82, 2.24) is 0 Å². The maximum Gasteiger partial charge on any atom is 0.113 e. The van der Waals surface area contributed by atoms with Crippen molar-refractivity contribution < 1.29 is 10.2 Å². The molecule has 0 amide bonds. The first-order valence-corrected chi connectivity index (χ1v) is 12.0. The Bertz CT molecular complexity index is 1120. The van der Waals surface area contributed by atoms with E-state index >= 15 is 0 Å². The minimum absolute atomic E-state index is 0.588. The van der Waals surface area contributed by atoms with Crippen LogP contribution < -0.4 is 9.80 Å². The van der Waals surface area contributed by atoms with Crippen LogP contribution in [0.4, 0.5) is 11.4 Å². The Labute approximate surface area is 189 Å². The van der Waals surface area contributed by atoms with Gasteiger partial charge in [-0.1, -0.05) is 60.7 Å². The van der Waals surface area contributed by atoms with Gasteiger partial charge in [-0.2, -0.15) is 0 Å². The molecule has 2 aromatic carbocycles. The van der Waals surface area contributed by atoms with Gasteiger partial charge in [0.2, 0.25) is 0 Å². The van der Waals surface area contributed by atoms with Crippen LogP contribution in [0, 0.1) is 0 Å². The maximum absolute atomic E-state index is 10.9. The molecule has 2 atom stereocenters. The lowest BCUT2D eigenvalue weighted by Gasteiger charge is -2.42. The molecular weight excluding hydrogens is 424 g/mol. The molecule has 4 aromatic rings. The standard InChI is InChI=1S/C25H22N2O2S2/c28-24(16-7-3-1-4-8-16)20-11-18-22(30-20)13-27-15-26(18)14-23-19(27)12-21(31-23)25(29)17-9-5-2-6-10-17/h1-12,24-25,28-29H,13-15H2/t24-,25-/m1/s1. The van der Waals surface area contributed by atoms with Gasteiger partial charge < -0.3 is 20.0 Å². The van der Waals surface area contributed by atoms with Gasteiger partial charge in [0.25, 0.3) is 0 Å². The number of aliphatic hydroxyl groups excluding tert-OH is 2. The second-order valence-electron chi connectivity index (χ2n) is 8.08. The monoisotopic (exact) mass is 446 g/mol. The molecule has 2 bridgehead atoms. The summed E-state index contributed by atoms with van der Waals surface area (Å²) >= 11 is 3.40. The van der Waals surface area contributed by atoms with Crippen molar-refractivity contribution in [2.45, 2.75) is 25.3 Å². The number of hydrogen-bond acceptors (Lipinski definition) is 6. The molecule has 2 N–H and O–H groups in total. The van der Waals surface area contributed by atoms with Crippen molar-refractivity contribution in [3.05, 3.63) is 103 Å². The first kappa shape index (κ1) is 19.1. The molecule has 0 saturated heterocycles. The van der Waals surface area contributed by atoms with Gasteiger partial charge in [0.1, 0.15) is 12.2 Å². The third kappa shape index (κ3) is 3.27. The van der Waals surface area contributed by atoms with Crippen LogP contribution >= 0.6 is 22.7 Å². The summed E-state index contributed by atoms with van der Waals surface area (Å²) in [6.45, 7) is 2.51. The summed E-state index contributed by atoms with van der Waals surface area (Å²) in [4.78, 5) is 9.33. The first-order valence-electron chi connectivity index (χ1n) is 10.4. The Balaban J connectivity index is 1.29. The molecule has 0 unspecified atom stereocenters. The molecule has 156 valence electrons. The molecule has 2 aliphatic heterocycles. The minimum atomic E-state index is -0.588. The molecule has 31 heavy (non-hydrogen) atoms. The number of hydrogen-bond donors (Lipinski definition) is 2. The number of aliphatic hydroxyl groups is 2. The summed E-state index contributed by atoms with van der Waals surface area (Å²) in [7, 11) is 0. The van der Waals surface area contributed by atoms with Gasteiger partial charge in [0, 0.05) is 19.5 Å². The molecule has 4 heterocycles. The SMILES string of the molecule is O[C@H](c1ccccc1)c1cc2c(s1)CN1CN2Cc2sc([C@H](O)c3ccccc3)cc21. The van der Waals surface area contributed by atoms with Crippen LogP contribution in [0.5, 0.6) is 0 Å². The van der Waals surface area contributed by atoms with Gasteiger partial charge in [0.15, 0.2) is 0 Å². The largest absolute Gasteiger partial charge is 0.383 e. The summed E-state index contributed by atoms with van der Waals surface area (Å²) in [6, 6.07) is 24.0. The normalized spacial score (nSPS) is 16.6. The summed E-state index contributed by atoms with van der Waals surface area (Å²) in [6.07, 6.45) is -1.18.